The standard InChI is InChI=1S/C16H23F2NO4/c1-15(2,13(17)21)9-6-8(12(19)20)11(23-5)7-10(9)16(3,4)14(18)22/h6-7,13-14,21-22H,1-5H3,(H2,19,20)/t13-,14-/m1/s1. The van der Waals surface area contributed by atoms with Crippen molar-refractivity contribution in [2.24, 2.45) is 5.73 Å². The van der Waals surface area contributed by atoms with Gasteiger partial charge in [-0.2, -0.15) is 0 Å². The summed E-state index contributed by atoms with van der Waals surface area (Å²) in [6.07, 6.45) is -4.53. The van der Waals surface area contributed by atoms with Gasteiger partial charge in [-0.25, -0.2) is 8.78 Å². The number of hydrogen-bond acceptors (Lipinski definition) is 4. The van der Waals surface area contributed by atoms with Crippen molar-refractivity contribution in [3.05, 3.63) is 28.8 Å². The summed E-state index contributed by atoms with van der Waals surface area (Å²) in [5.41, 5.74) is 2.75. The van der Waals surface area contributed by atoms with E-state index in [0.717, 1.165) is 0 Å². The SMILES string of the molecule is COc1cc(C(C)(C)[C@@H](O)F)c(C(C)(C)[C@@H](O)F)cc1C(N)=O. The number of aliphatic hydroxyl groups is 2. The number of methoxy groups -OCH3 is 1. The van der Waals surface area contributed by atoms with Gasteiger partial charge in [0.05, 0.1) is 12.7 Å². The molecule has 5 nitrogen and oxygen atoms in total. The minimum atomic E-state index is -2.28. The Balaban J connectivity index is 3.83. The third kappa shape index (κ3) is 3.45. The van der Waals surface area contributed by atoms with Crippen LogP contribution in [0.1, 0.15) is 49.2 Å². The van der Waals surface area contributed by atoms with E-state index in [2.05, 4.69) is 0 Å². The van der Waals surface area contributed by atoms with E-state index in [1.54, 1.807) is 0 Å². The first-order chi connectivity index (χ1) is 10.4. The molecule has 1 amide bonds. The zero-order chi connectivity index (χ0) is 18.2. The zero-order valence-corrected chi connectivity index (χ0v) is 13.9. The number of carbonyl (C=O) groups is 1. The molecule has 130 valence electrons. The summed E-state index contributed by atoms with van der Waals surface area (Å²) >= 11 is 0. The quantitative estimate of drug-likeness (QED) is 0.742. The highest BCUT2D eigenvalue weighted by Crippen LogP contribution is 2.41. The lowest BCUT2D eigenvalue weighted by molar-refractivity contribution is -0.0279. The van der Waals surface area contributed by atoms with Crippen molar-refractivity contribution in [1.29, 1.82) is 0 Å². The number of aliphatic hydroxyl groups excluding tert-OH is 2. The number of hydrogen-bond donors (Lipinski definition) is 3. The van der Waals surface area contributed by atoms with Gasteiger partial charge in [0.1, 0.15) is 5.75 Å². The van der Waals surface area contributed by atoms with Crippen molar-refractivity contribution in [2.45, 2.75) is 51.2 Å². The van der Waals surface area contributed by atoms with E-state index in [4.69, 9.17) is 10.5 Å². The van der Waals surface area contributed by atoms with Crippen LogP contribution in [0.15, 0.2) is 12.1 Å². The van der Waals surface area contributed by atoms with Crippen LogP contribution in [0.2, 0.25) is 0 Å². The van der Waals surface area contributed by atoms with E-state index in [1.807, 2.05) is 0 Å². The molecular weight excluding hydrogens is 308 g/mol. The second-order valence-corrected chi connectivity index (χ2v) is 6.58. The molecule has 4 N–H and O–H groups in total. The van der Waals surface area contributed by atoms with E-state index in [0.29, 0.717) is 0 Å². The Labute approximate surface area is 134 Å². The maximum absolute atomic E-state index is 13.7. The second kappa shape index (κ2) is 6.41. The Bertz CT molecular complexity index is 598. The van der Waals surface area contributed by atoms with Gasteiger partial charge in [0.25, 0.3) is 5.91 Å². The number of halogens is 2. The van der Waals surface area contributed by atoms with Crippen LogP contribution in [0.3, 0.4) is 0 Å². The van der Waals surface area contributed by atoms with E-state index in [-0.39, 0.29) is 22.4 Å². The molecule has 0 aliphatic heterocycles. The molecule has 1 rings (SSSR count). The lowest BCUT2D eigenvalue weighted by atomic mass is 9.72. The van der Waals surface area contributed by atoms with Gasteiger partial charge in [0.15, 0.2) is 0 Å². The largest absolute Gasteiger partial charge is 0.496 e. The van der Waals surface area contributed by atoms with Crippen molar-refractivity contribution in [3.8, 4) is 5.75 Å². The summed E-state index contributed by atoms with van der Waals surface area (Å²) in [4.78, 5) is 11.6. The predicted octanol–water partition coefficient (Wildman–Crippen LogP) is 1.93. The Kier molecular flexibility index (Phi) is 5.38. The van der Waals surface area contributed by atoms with Gasteiger partial charge in [-0.15, -0.1) is 0 Å². The minimum Gasteiger partial charge on any atom is -0.496 e. The summed E-state index contributed by atoms with van der Waals surface area (Å²) in [5, 5.41) is 18.9. The van der Waals surface area contributed by atoms with Crippen molar-refractivity contribution >= 4 is 5.91 Å². The number of nitrogens with two attached hydrogens (primary N) is 1. The summed E-state index contributed by atoms with van der Waals surface area (Å²) in [7, 11) is 1.30. The van der Waals surface area contributed by atoms with Crippen LogP contribution in [0.4, 0.5) is 8.78 Å². The molecule has 0 unspecified atom stereocenters. The molecule has 0 aliphatic rings. The molecular formula is C16H23F2NO4. The lowest BCUT2D eigenvalue weighted by Crippen LogP contribution is -2.38. The van der Waals surface area contributed by atoms with Gasteiger partial charge in [-0.3, -0.25) is 4.79 Å². The molecule has 0 fully saturated rings. The fourth-order valence-electron chi connectivity index (χ4n) is 2.26. The van der Waals surface area contributed by atoms with Crippen molar-refractivity contribution in [3.63, 3.8) is 0 Å². The predicted molar refractivity (Wildman–Crippen MR) is 81.8 cm³/mol. The van der Waals surface area contributed by atoms with Gasteiger partial charge in [0, 0.05) is 10.8 Å². The summed E-state index contributed by atoms with van der Waals surface area (Å²) in [6, 6.07) is 2.60. The highest BCUT2D eigenvalue weighted by atomic mass is 19.1. The molecule has 0 radical (unpaired) electrons. The molecule has 0 bridgehead atoms. The number of benzene rings is 1. The molecule has 0 saturated heterocycles. The first-order valence-electron chi connectivity index (χ1n) is 7.04. The Hall–Kier alpha value is -1.73. The highest BCUT2D eigenvalue weighted by molar-refractivity contribution is 5.96. The first kappa shape index (κ1) is 19.3. The lowest BCUT2D eigenvalue weighted by Gasteiger charge is -2.35. The average Bonchev–Trinajstić information content (AvgIpc) is 2.44. The Morgan fingerprint density at radius 3 is 1.78 bits per heavy atom. The summed E-state index contributed by atoms with van der Waals surface area (Å²) in [5.74, 6) is -0.730. The maximum Gasteiger partial charge on any atom is 0.252 e. The van der Waals surface area contributed by atoms with Gasteiger partial charge in [-0.1, -0.05) is 27.7 Å². The van der Waals surface area contributed by atoms with E-state index in [9.17, 15) is 23.8 Å². The third-order valence-corrected chi connectivity index (χ3v) is 4.18. The fourth-order valence-corrected chi connectivity index (χ4v) is 2.26. The summed E-state index contributed by atoms with van der Waals surface area (Å²) in [6.45, 7) is 5.63. The van der Waals surface area contributed by atoms with Gasteiger partial charge < -0.3 is 20.7 Å². The molecule has 0 saturated carbocycles. The van der Waals surface area contributed by atoms with Crippen LogP contribution in [0, 0.1) is 0 Å². The molecule has 1 aromatic rings. The molecule has 7 heteroatoms. The first-order valence-corrected chi connectivity index (χ1v) is 7.04. The second-order valence-electron chi connectivity index (χ2n) is 6.58. The number of primary amides is 1. The number of amides is 1. The van der Waals surface area contributed by atoms with Crippen LogP contribution in [0.5, 0.6) is 5.75 Å². The maximum atomic E-state index is 13.7. The van der Waals surface area contributed by atoms with E-state index >= 15 is 0 Å². The van der Waals surface area contributed by atoms with E-state index < -0.39 is 29.5 Å². The number of carbonyl (C=O) groups excluding carboxylic acids is 1. The van der Waals surface area contributed by atoms with Crippen LogP contribution >= 0.6 is 0 Å². The van der Waals surface area contributed by atoms with Gasteiger partial charge >= 0.3 is 0 Å². The van der Waals surface area contributed by atoms with Crippen molar-refractivity contribution in [1.82, 2.24) is 0 Å². The summed E-state index contributed by atoms with van der Waals surface area (Å²) < 4.78 is 32.5. The topological polar surface area (TPSA) is 92.8 Å². The molecule has 0 heterocycles. The van der Waals surface area contributed by atoms with Crippen molar-refractivity contribution in [2.75, 3.05) is 7.11 Å². The average molecular weight is 331 g/mol. The smallest absolute Gasteiger partial charge is 0.252 e. The zero-order valence-electron chi connectivity index (χ0n) is 13.9. The normalized spacial score (nSPS) is 15.2. The Morgan fingerprint density at radius 2 is 1.48 bits per heavy atom. The molecule has 23 heavy (non-hydrogen) atoms. The molecule has 1 aromatic carbocycles. The van der Waals surface area contributed by atoms with Crippen LogP contribution < -0.4 is 10.5 Å². The molecule has 2 atom stereocenters. The van der Waals surface area contributed by atoms with Crippen LogP contribution in [-0.2, 0) is 10.8 Å². The number of ether oxygens (including phenoxy) is 1. The molecule has 0 aliphatic carbocycles. The highest BCUT2D eigenvalue weighted by Gasteiger charge is 2.40. The fraction of sp³-hybridized carbons (Fsp3) is 0.562. The van der Waals surface area contributed by atoms with Crippen molar-refractivity contribution < 1.29 is 28.5 Å². The monoisotopic (exact) mass is 331 g/mol. The van der Waals surface area contributed by atoms with Gasteiger partial charge in [0.2, 0.25) is 12.7 Å². The van der Waals surface area contributed by atoms with Gasteiger partial charge in [-0.05, 0) is 23.3 Å². The van der Waals surface area contributed by atoms with E-state index in [1.165, 1.54) is 46.9 Å². The van der Waals surface area contributed by atoms with Crippen LogP contribution in [0.25, 0.3) is 0 Å². The molecule has 0 spiro atoms. The molecule has 0 aromatic heterocycles. The Morgan fingerprint density at radius 1 is 1.09 bits per heavy atom. The number of rotatable bonds is 6. The minimum absolute atomic E-state index is 0.0240. The number of alkyl halides is 2. The van der Waals surface area contributed by atoms with Crippen LogP contribution in [-0.4, -0.2) is 35.9 Å². The third-order valence-electron chi connectivity index (χ3n) is 4.18.